The standard InChI is InChI=1S/C24H27BrN2O/c1-17-7-9-19(23(25)13-17)14-27(16-21-5-4-12-28-21)15-20-10-8-18(2)22-6-3-11-26-24(20)22/h3,6-11,13,21H,4-5,12,14-16H2,1-2H3. The number of halogens is 1. The molecule has 0 radical (unpaired) electrons. The van der Waals surface area contributed by atoms with Crippen molar-refractivity contribution in [3.05, 3.63) is 75.4 Å². The highest BCUT2D eigenvalue weighted by Gasteiger charge is 2.21. The highest BCUT2D eigenvalue weighted by Crippen LogP contribution is 2.25. The smallest absolute Gasteiger partial charge is 0.0749 e. The van der Waals surface area contributed by atoms with E-state index in [4.69, 9.17) is 9.72 Å². The molecule has 1 unspecified atom stereocenters. The highest BCUT2D eigenvalue weighted by molar-refractivity contribution is 9.10. The maximum absolute atomic E-state index is 5.95. The summed E-state index contributed by atoms with van der Waals surface area (Å²) in [6.07, 6.45) is 4.54. The van der Waals surface area contributed by atoms with Gasteiger partial charge in [0, 0.05) is 42.3 Å². The van der Waals surface area contributed by atoms with Crippen molar-refractivity contribution in [2.24, 2.45) is 0 Å². The zero-order chi connectivity index (χ0) is 19.5. The quantitative estimate of drug-likeness (QED) is 0.486. The molecule has 0 bridgehead atoms. The van der Waals surface area contributed by atoms with Gasteiger partial charge in [-0.25, -0.2) is 0 Å². The van der Waals surface area contributed by atoms with Gasteiger partial charge in [-0.1, -0.05) is 46.3 Å². The molecule has 0 aliphatic carbocycles. The molecular weight excluding hydrogens is 412 g/mol. The van der Waals surface area contributed by atoms with Crippen molar-refractivity contribution in [1.82, 2.24) is 9.88 Å². The first kappa shape index (κ1) is 19.6. The molecule has 1 aliphatic heterocycles. The lowest BCUT2D eigenvalue weighted by Gasteiger charge is -2.26. The van der Waals surface area contributed by atoms with Crippen LogP contribution in [0.15, 0.2) is 53.1 Å². The van der Waals surface area contributed by atoms with E-state index in [1.54, 1.807) is 0 Å². The SMILES string of the molecule is Cc1ccc(CN(Cc2ccc(C)c3cccnc23)CC2CCCO2)c(Br)c1. The topological polar surface area (TPSA) is 25.4 Å². The summed E-state index contributed by atoms with van der Waals surface area (Å²) in [4.78, 5) is 7.20. The Hall–Kier alpha value is -1.75. The molecule has 1 saturated heterocycles. The van der Waals surface area contributed by atoms with Crippen molar-refractivity contribution in [3.63, 3.8) is 0 Å². The van der Waals surface area contributed by atoms with Gasteiger partial charge in [-0.05, 0) is 61.1 Å². The summed E-state index contributed by atoms with van der Waals surface area (Å²) in [5.74, 6) is 0. The molecular formula is C24H27BrN2O. The van der Waals surface area contributed by atoms with E-state index in [2.05, 4.69) is 71.1 Å². The minimum absolute atomic E-state index is 0.328. The summed E-state index contributed by atoms with van der Waals surface area (Å²) in [5, 5.41) is 1.24. The summed E-state index contributed by atoms with van der Waals surface area (Å²) in [7, 11) is 0. The van der Waals surface area contributed by atoms with Gasteiger partial charge in [0.05, 0.1) is 11.6 Å². The molecule has 0 spiro atoms. The van der Waals surface area contributed by atoms with E-state index in [1.807, 2.05) is 12.3 Å². The van der Waals surface area contributed by atoms with Crippen molar-refractivity contribution < 1.29 is 4.74 Å². The van der Waals surface area contributed by atoms with Gasteiger partial charge < -0.3 is 4.74 Å². The second-order valence-electron chi connectivity index (χ2n) is 7.84. The normalized spacial score (nSPS) is 16.9. The first-order valence-electron chi connectivity index (χ1n) is 10.0. The molecule has 3 nitrogen and oxygen atoms in total. The third-order valence-corrected chi connectivity index (χ3v) is 6.29. The van der Waals surface area contributed by atoms with Crippen LogP contribution < -0.4 is 0 Å². The fraction of sp³-hybridized carbons (Fsp3) is 0.375. The lowest BCUT2D eigenvalue weighted by Crippen LogP contribution is -2.31. The van der Waals surface area contributed by atoms with E-state index in [9.17, 15) is 0 Å². The molecule has 2 aromatic carbocycles. The van der Waals surface area contributed by atoms with Crippen molar-refractivity contribution in [2.45, 2.75) is 45.9 Å². The summed E-state index contributed by atoms with van der Waals surface area (Å²) in [6.45, 7) is 7.88. The van der Waals surface area contributed by atoms with Gasteiger partial charge >= 0.3 is 0 Å². The minimum atomic E-state index is 0.328. The Morgan fingerprint density at radius 1 is 1.11 bits per heavy atom. The van der Waals surface area contributed by atoms with Crippen LogP contribution in [0.5, 0.6) is 0 Å². The fourth-order valence-electron chi connectivity index (χ4n) is 4.02. The monoisotopic (exact) mass is 438 g/mol. The van der Waals surface area contributed by atoms with Gasteiger partial charge in [0.2, 0.25) is 0 Å². The zero-order valence-corrected chi connectivity index (χ0v) is 18.2. The summed E-state index contributed by atoms with van der Waals surface area (Å²) < 4.78 is 7.12. The number of aromatic nitrogens is 1. The van der Waals surface area contributed by atoms with Gasteiger partial charge in [0.15, 0.2) is 0 Å². The maximum atomic E-state index is 5.95. The molecule has 1 atom stereocenters. The number of pyridine rings is 1. The van der Waals surface area contributed by atoms with Crippen LogP contribution in [0.25, 0.3) is 10.9 Å². The Bertz CT molecular complexity index is 966. The lowest BCUT2D eigenvalue weighted by atomic mass is 10.0. The number of benzene rings is 2. The minimum Gasteiger partial charge on any atom is -0.377 e. The molecule has 0 amide bonds. The van der Waals surface area contributed by atoms with Crippen LogP contribution in [0.2, 0.25) is 0 Å². The number of nitrogens with zero attached hydrogens (tertiary/aromatic N) is 2. The van der Waals surface area contributed by atoms with Crippen LogP contribution in [-0.2, 0) is 17.8 Å². The fourth-order valence-corrected chi connectivity index (χ4v) is 4.64. The van der Waals surface area contributed by atoms with Crippen LogP contribution in [-0.4, -0.2) is 29.1 Å². The molecule has 146 valence electrons. The number of hydrogen-bond donors (Lipinski definition) is 0. The summed E-state index contributed by atoms with van der Waals surface area (Å²) >= 11 is 3.75. The van der Waals surface area contributed by atoms with Crippen LogP contribution in [0.4, 0.5) is 0 Å². The van der Waals surface area contributed by atoms with Crippen LogP contribution in [0.3, 0.4) is 0 Å². The van der Waals surface area contributed by atoms with Crippen LogP contribution in [0, 0.1) is 13.8 Å². The van der Waals surface area contributed by atoms with E-state index < -0.39 is 0 Å². The van der Waals surface area contributed by atoms with Crippen LogP contribution >= 0.6 is 15.9 Å². The average Bonchev–Trinajstić information content (AvgIpc) is 3.19. The Morgan fingerprint density at radius 3 is 2.71 bits per heavy atom. The second kappa shape index (κ2) is 8.73. The Kier molecular flexibility index (Phi) is 6.10. The van der Waals surface area contributed by atoms with Crippen molar-refractivity contribution in [1.29, 1.82) is 0 Å². The van der Waals surface area contributed by atoms with E-state index in [0.29, 0.717) is 6.10 Å². The predicted molar refractivity (Wildman–Crippen MR) is 118 cm³/mol. The lowest BCUT2D eigenvalue weighted by molar-refractivity contribution is 0.0679. The van der Waals surface area contributed by atoms with Gasteiger partial charge in [0.25, 0.3) is 0 Å². The van der Waals surface area contributed by atoms with Crippen molar-refractivity contribution in [3.8, 4) is 0 Å². The number of fused-ring (bicyclic) bond motifs is 1. The maximum Gasteiger partial charge on any atom is 0.0749 e. The molecule has 4 heteroatoms. The van der Waals surface area contributed by atoms with E-state index in [1.165, 1.54) is 38.5 Å². The van der Waals surface area contributed by atoms with E-state index >= 15 is 0 Å². The molecule has 0 N–H and O–H groups in total. The number of rotatable bonds is 6. The van der Waals surface area contributed by atoms with Crippen molar-refractivity contribution >= 4 is 26.8 Å². The van der Waals surface area contributed by atoms with Crippen LogP contribution in [0.1, 0.15) is 35.1 Å². The second-order valence-corrected chi connectivity index (χ2v) is 8.70. The van der Waals surface area contributed by atoms with Gasteiger partial charge in [-0.2, -0.15) is 0 Å². The van der Waals surface area contributed by atoms with E-state index in [0.717, 1.165) is 38.2 Å². The molecule has 1 aliphatic rings. The molecule has 3 aromatic rings. The predicted octanol–water partition coefficient (Wildman–Crippen LogP) is 5.80. The Morgan fingerprint density at radius 2 is 1.93 bits per heavy atom. The number of ether oxygens (including phenoxy) is 1. The first-order chi connectivity index (χ1) is 13.6. The number of aryl methyl sites for hydroxylation is 2. The average molecular weight is 439 g/mol. The zero-order valence-electron chi connectivity index (χ0n) is 16.6. The largest absolute Gasteiger partial charge is 0.377 e. The molecule has 28 heavy (non-hydrogen) atoms. The molecule has 1 aromatic heterocycles. The third kappa shape index (κ3) is 4.45. The Labute approximate surface area is 175 Å². The molecule has 2 heterocycles. The number of hydrogen-bond acceptors (Lipinski definition) is 3. The van der Waals surface area contributed by atoms with E-state index in [-0.39, 0.29) is 0 Å². The van der Waals surface area contributed by atoms with Gasteiger partial charge in [-0.3, -0.25) is 9.88 Å². The Balaban J connectivity index is 1.63. The first-order valence-corrected chi connectivity index (χ1v) is 10.8. The molecule has 0 saturated carbocycles. The third-order valence-electron chi connectivity index (χ3n) is 5.55. The molecule has 4 rings (SSSR count). The van der Waals surface area contributed by atoms with Gasteiger partial charge in [0.1, 0.15) is 0 Å². The van der Waals surface area contributed by atoms with Crippen molar-refractivity contribution in [2.75, 3.05) is 13.2 Å². The summed E-state index contributed by atoms with van der Waals surface area (Å²) in [6, 6.07) is 15.3. The van der Waals surface area contributed by atoms with Gasteiger partial charge in [-0.15, -0.1) is 0 Å². The molecule has 1 fully saturated rings. The summed E-state index contributed by atoms with van der Waals surface area (Å²) in [5.41, 5.74) is 6.26. The highest BCUT2D eigenvalue weighted by atomic mass is 79.9.